The number of carbonyl (C=O) groups is 4. The third kappa shape index (κ3) is 5.34. The number of benzene rings is 1. The van der Waals surface area contributed by atoms with Gasteiger partial charge >= 0.3 is 5.97 Å². The number of fused-ring (bicyclic) bond motifs is 1. The van der Waals surface area contributed by atoms with E-state index in [0.717, 1.165) is 5.39 Å². The van der Waals surface area contributed by atoms with Crippen LogP contribution in [-0.4, -0.2) is 47.7 Å². The molecule has 8 nitrogen and oxygen atoms in total. The average molecular weight is 371 g/mol. The van der Waals surface area contributed by atoms with E-state index in [1.165, 1.54) is 21.0 Å². The highest BCUT2D eigenvalue weighted by Gasteiger charge is 2.25. The van der Waals surface area contributed by atoms with Gasteiger partial charge in [0.15, 0.2) is 5.78 Å². The minimum Gasteiger partial charge on any atom is -0.469 e. The molecule has 2 aromatic rings. The van der Waals surface area contributed by atoms with Gasteiger partial charge in [-0.2, -0.15) is 0 Å². The van der Waals surface area contributed by atoms with E-state index in [4.69, 9.17) is 0 Å². The number of ether oxygens (including phenoxy) is 1. The highest BCUT2D eigenvalue weighted by molar-refractivity contribution is 5.98. The number of methoxy groups -OCH3 is 1. The lowest BCUT2D eigenvalue weighted by Crippen LogP contribution is -2.50. The van der Waals surface area contributed by atoms with Crippen LogP contribution < -0.4 is 10.6 Å². The van der Waals surface area contributed by atoms with Crippen molar-refractivity contribution in [1.29, 1.82) is 0 Å². The van der Waals surface area contributed by atoms with Gasteiger partial charge in [0.1, 0.15) is 11.7 Å². The summed E-state index contributed by atoms with van der Waals surface area (Å²) in [5.41, 5.74) is 0.836. The van der Waals surface area contributed by atoms with Gasteiger partial charge in [-0.1, -0.05) is 24.3 Å². The smallest absolute Gasteiger partial charge is 0.308 e. The van der Waals surface area contributed by atoms with E-state index in [1.54, 1.807) is 18.2 Å². The molecule has 2 unspecified atom stereocenters. The number of hydrogen-bond acceptors (Lipinski definition) is 6. The minimum absolute atomic E-state index is 0.172. The molecule has 0 spiro atoms. The van der Waals surface area contributed by atoms with Crippen LogP contribution in [0.2, 0.25) is 0 Å². The zero-order valence-corrected chi connectivity index (χ0v) is 15.3. The summed E-state index contributed by atoms with van der Waals surface area (Å²) in [6.07, 6.45) is -0.273. The van der Waals surface area contributed by atoms with Crippen LogP contribution in [0.3, 0.4) is 0 Å². The number of hydrogen-bond donors (Lipinski definition) is 2. The summed E-state index contributed by atoms with van der Waals surface area (Å²) in [6, 6.07) is 8.75. The first-order chi connectivity index (χ1) is 12.8. The van der Waals surface area contributed by atoms with E-state index >= 15 is 0 Å². The second-order valence-electron chi connectivity index (χ2n) is 6.04. The maximum Gasteiger partial charge on any atom is 0.308 e. The molecular formula is C19H21N3O5. The van der Waals surface area contributed by atoms with Crippen molar-refractivity contribution in [3.8, 4) is 0 Å². The Balaban J connectivity index is 2.02. The lowest BCUT2D eigenvalue weighted by atomic mass is 10.1. The maximum atomic E-state index is 12.4. The molecule has 0 fully saturated rings. The molecular weight excluding hydrogens is 350 g/mol. The number of esters is 1. The first-order valence-electron chi connectivity index (χ1n) is 8.36. The number of aromatic nitrogens is 1. The number of Topliss-reactive ketones (excluding diaryl/α,β-unsaturated/α-hetero) is 1. The van der Waals surface area contributed by atoms with Crippen LogP contribution in [0.15, 0.2) is 36.4 Å². The molecule has 0 aliphatic heterocycles. The summed E-state index contributed by atoms with van der Waals surface area (Å²) < 4.78 is 4.51. The lowest BCUT2D eigenvalue weighted by Gasteiger charge is -2.19. The van der Waals surface area contributed by atoms with Gasteiger partial charge in [0.2, 0.25) is 5.91 Å². The molecule has 1 aromatic carbocycles. The molecule has 2 atom stereocenters. The zero-order valence-electron chi connectivity index (χ0n) is 15.3. The van der Waals surface area contributed by atoms with Crippen LogP contribution in [0.25, 0.3) is 10.9 Å². The van der Waals surface area contributed by atoms with Crippen molar-refractivity contribution in [2.45, 2.75) is 32.4 Å². The van der Waals surface area contributed by atoms with Crippen molar-refractivity contribution in [1.82, 2.24) is 15.6 Å². The topological polar surface area (TPSA) is 114 Å². The quantitative estimate of drug-likeness (QED) is 0.702. The first kappa shape index (κ1) is 20.0. The van der Waals surface area contributed by atoms with E-state index in [1.807, 2.05) is 18.2 Å². The van der Waals surface area contributed by atoms with Gasteiger partial charge in [-0.25, -0.2) is 4.98 Å². The lowest BCUT2D eigenvalue weighted by molar-refractivity contribution is -0.143. The molecule has 0 saturated carbocycles. The predicted octanol–water partition coefficient (Wildman–Crippen LogP) is 0.990. The molecule has 2 rings (SSSR count). The standard InChI is InChI=1S/C19H21N3O5/c1-11(18(25)22-16(12(2)23)10-17(24)27-3)20-19(26)15-9-8-13-6-4-5-7-14(13)21-15/h4-9,11,16H,10H2,1-3H3,(H,20,26)(H,22,25). The Morgan fingerprint density at radius 2 is 1.78 bits per heavy atom. The summed E-state index contributed by atoms with van der Waals surface area (Å²) >= 11 is 0. The Labute approximate surface area is 156 Å². The molecule has 1 aromatic heterocycles. The first-order valence-corrected chi connectivity index (χ1v) is 8.36. The largest absolute Gasteiger partial charge is 0.469 e. The number of ketones is 1. The number of para-hydroxylation sites is 1. The van der Waals surface area contributed by atoms with Crippen LogP contribution in [0.1, 0.15) is 30.8 Å². The van der Waals surface area contributed by atoms with Crippen LogP contribution in [-0.2, 0) is 19.1 Å². The predicted molar refractivity (Wildman–Crippen MR) is 97.9 cm³/mol. The molecule has 27 heavy (non-hydrogen) atoms. The Morgan fingerprint density at radius 3 is 2.44 bits per heavy atom. The van der Waals surface area contributed by atoms with Crippen molar-refractivity contribution < 1.29 is 23.9 Å². The minimum atomic E-state index is -1.01. The monoisotopic (exact) mass is 371 g/mol. The van der Waals surface area contributed by atoms with Crippen molar-refractivity contribution in [3.63, 3.8) is 0 Å². The maximum absolute atomic E-state index is 12.4. The van der Waals surface area contributed by atoms with Crippen LogP contribution in [0.4, 0.5) is 0 Å². The Kier molecular flexibility index (Phi) is 6.59. The highest BCUT2D eigenvalue weighted by Crippen LogP contribution is 2.11. The fourth-order valence-electron chi connectivity index (χ4n) is 2.37. The molecule has 8 heteroatoms. The van der Waals surface area contributed by atoms with Gasteiger partial charge < -0.3 is 15.4 Å². The van der Waals surface area contributed by atoms with Crippen molar-refractivity contribution >= 4 is 34.5 Å². The molecule has 2 amide bonds. The van der Waals surface area contributed by atoms with Gasteiger partial charge in [-0.05, 0) is 26.0 Å². The summed E-state index contributed by atoms with van der Waals surface area (Å²) in [4.78, 5) is 51.8. The number of rotatable bonds is 7. The third-order valence-corrected chi connectivity index (χ3v) is 3.98. The second kappa shape index (κ2) is 8.88. The molecule has 1 heterocycles. The molecule has 0 saturated heterocycles. The van der Waals surface area contributed by atoms with E-state index < -0.39 is 29.9 Å². The molecule has 0 radical (unpaired) electrons. The van der Waals surface area contributed by atoms with Gasteiger partial charge in [0.25, 0.3) is 5.91 Å². The number of nitrogens with zero attached hydrogens (tertiary/aromatic N) is 1. The number of nitrogens with one attached hydrogen (secondary N) is 2. The van der Waals surface area contributed by atoms with Crippen molar-refractivity contribution in [2.75, 3.05) is 7.11 Å². The molecule has 2 N–H and O–H groups in total. The Morgan fingerprint density at radius 1 is 1.07 bits per heavy atom. The van der Waals surface area contributed by atoms with E-state index in [-0.39, 0.29) is 17.9 Å². The average Bonchev–Trinajstić information content (AvgIpc) is 2.66. The zero-order chi connectivity index (χ0) is 20.0. The molecule has 142 valence electrons. The number of amides is 2. The number of pyridine rings is 1. The fourth-order valence-corrected chi connectivity index (χ4v) is 2.37. The van der Waals surface area contributed by atoms with E-state index in [2.05, 4.69) is 20.4 Å². The molecule has 0 bridgehead atoms. The molecule has 0 aliphatic rings. The van der Waals surface area contributed by atoms with Gasteiger partial charge in [0, 0.05) is 5.39 Å². The van der Waals surface area contributed by atoms with Crippen LogP contribution >= 0.6 is 0 Å². The van der Waals surface area contributed by atoms with Crippen molar-refractivity contribution in [2.24, 2.45) is 0 Å². The Hall–Kier alpha value is -3.29. The number of carbonyl (C=O) groups excluding carboxylic acids is 4. The summed E-state index contributed by atoms with van der Waals surface area (Å²) in [5.74, 6) is -2.11. The summed E-state index contributed by atoms with van der Waals surface area (Å²) in [6.45, 7) is 2.74. The van der Waals surface area contributed by atoms with Gasteiger partial charge in [-0.15, -0.1) is 0 Å². The second-order valence-corrected chi connectivity index (χ2v) is 6.04. The highest BCUT2D eigenvalue weighted by atomic mass is 16.5. The fraction of sp³-hybridized carbons (Fsp3) is 0.316. The third-order valence-electron chi connectivity index (χ3n) is 3.98. The van der Waals surface area contributed by atoms with E-state index in [0.29, 0.717) is 5.52 Å². The van der Waals surface area contributed by atoms with Gasteiger partial charge in [0.05, 0.1) is 25.1 Å². The summed E-state index contributed by atoms with van der Waals surface area (Å²) in [7, 11) is 1.20. The van der Waals surface area contributed by atoms with Gasteiger partial charge in [-0.3, -0.25) is 19.2 Å². The van der Waals surface area contributed by atoms with Crippen LogP contribution in [0, 0.1) is 0 Å². The van der Waals surface area contributed by atoms with Crippen molar-refractivity contribution in [3.05, 3.63) is 42.1 Å². The normalized spacial score (nSPS) is 12.7. The summed E-state index contributed by atoms with van der Waals surface area (Å²) in [5, 5.41) is 5.87. The molecule has 0 aliphatic carbocycles. The van der Waals surface area contributed by atoms with E-state index in [9.17, 15) is 19.2 Å². The SMILES string of the molecule is COC(=O)CC(NC(=O)C(C)NC(=O)c1ccc2ccccc2n1)C(C)=O. The van der Waals surface area contributed by atoms with Crippen LogP contribution in [0.5, 0.6) is 0 Å². The Bertz CT molecular complexity index is 881.